The number of amides is 2. The SMILES string of the molecule is CN(C)C(=O)CCC[C@H]1NCC2CC1CN(C(=O)CCC1CCCCC1)C2. The molecule has 2 unspecified atom stereocenters. The Hall–Kier alpha value is -1.10. The third-order valence-corrected chi connectivity index (χ3v) is 7.06. The molecule has 2 amide bonds. The second-order valence-corrected chi connectivity index (χ2v) is 9.40. The van der Waals surface area contributed by atoms with Crippen LogP contribution in [0.25, 0.3) is 0 Å². The molecule has 2 aliphatic heterocycles. The minimum absolute atomic E-state index is 0.215. The van der Waals surface area contributed by atoms with Crippen molar-refractivity contribution in [3.63, 3.8) is 0 Å². The van der Waals surface area contributed by atoms with Crippen molar-refractivity contribution < 1.29 is 9.59 Å². The summed E-state index contributed by atoms with van der Waals surface area (Å²) in [6, 6.07) is 0.463. The second kappa shape index (κ2) is 9.90. The number of hydrogen-bond donors (Lipinski definition) is 1. The zero-order valence-electron chi connectivity index (χ0n) is 17.4. The molecule has 5 nitrogen and oxygen atoms in total. The second-order valence-electron chi connectivity index (χ2n) is 9.40. The Labute approximate surface area is 165 Å². The van der Waals surface area contributed by atoms with E-state index in [0.29, 0.717) is 30.2 Å². The van der Waals surface area contributed by atoms with Gasteiger partial charge in [0.05, 0.1) is 0 Å². The number of fused-ring (bicyclic) bond motifs is 2. The van der Waals surface area contributed by atoms with Gasteiger partial charge in [0.2, 0.25) is 11.8 Å². The lowest BCUT2D eigenvalue weighted by Crippen LogP contribution is -2.57. The first-order chi connectivity index (χ1) is 13.0. The van der Waals surface area contributed by atoms with E-state index in [4.69, 9.17) is 0 Å². The molecule has 3 aliphatic rings. The van der Waals surface area contributed by atoms with Gasteiger partial charge in [0, 0.05) is 46.1 Å². The molecule has 3 fully saturated rings. The first kappa shape index (κ1) is 20.6. The molecule has 0 radical (unpaired) electrons. The fourth-order valence-corrected chi connectivity index (χ4v) is 5.37. The fraction of sp³-hybridized carbons (Fsp3) is 0.909. The predicted octanol–water partition coefficient (Wildman–Crippen LogP) is 3.04. The molecular formula is C22H39N3O2. The van der Waals surface area contributed by atoms with E-state index in [2.05, 4.69) is 10.2 Å². The van der Waals surface area contributed by atoms with Crippen LogP contribution in [-0.2, 0) is 9.59 Å². The van der Waals surface area contributed by atoms with Crippen LogP contribution in [-0.4, -0.2) is 61.4 Å². The third-order valence-electron chi connectivity index (χ3n) is 7.06. The van der Waals surface area contributed by atoms with Crippen LogP contribution in [0.15, 0.2) is 0 Å². The zero-order valence-corrected chi connectivity index (χ0v) is 17.4. The molecule has 1 aliphatic carbocycles. The van der Waals surface area contributed by atoms with Gasteiger partial charge in [0.1, 0.15) is 0 Å². The minimum atomic E-state index is 0.215. The van der Waals surface area contributed by atoms with E-state index in [9.17, 15) is 9.59 Å². The Morgan fingerprint density at radius 3 is 2.56 bits per heavy atom. The van der Waals surface area contributed by atoms with Crippen LogP contribution in [0.3, 0.4) is 0 Å². The summed E-state index contributed by atoms with van der Waals surface area (Å²) >= 11 is 0. The summed E-state index contributed by atoms with van der Waals surface area (Å²) in [5.74, 6) is 2.56. The molecule has 2 saturated heterocycles. The van der Waals surface area contributed by atoms with Crippen LogP contribution in [0.1, 0.15) is 70.6 Å². The van der Waals surface area contributed by atoms with Gasteiger partial charge in [-0.3, -0.25) is 9.59 Å². The Kier molecular flexibility index (Phi) is 7.57. The van der Waals surface area contributed by atoms with Crippen molar-refractivity contribution in [1.29, 1.82) is 0 Å². The zero-order chi connectivity index (χ0) is 19.2. The highest BCUT2D eigenvalue weighted by atomic mass is 16.2. The first-order valence-corrected chi connectivity index (χ1v) is 11.2. The fourth-order valence-electron chi connectivity index (χ4n) is 5.37. The summed E-state index contributed by atoms with van der Waals surface area (Å²) in [5, 5.41) is 3.70. The Morgan fingerprint density at radius 1 is 1.04 bits per heavy atom. The number of nitrogens with one attached hydrogen (secondary N) is 1. The maximum atomic E-state index is 12.8. The molecule has 0 aromatic heterocycles. The van der Waals surface area contributed by atoms with Crippen molar-refractivity contribution in [2.24, 2.45) is 17.8 Å². The van der Waals surface area contributed by atoms with Crippen molar-refractivity contribution in [2.75, 3.05) is 33.7 Å². The highest BCUT2D eigenvalue weighted by Gasteiger charge is 2.37. The lowest BCUT2D eigenvalue weighted by atomic mass is 9.78. The van der Waals surface area contributed by atoms with Crippen molar-refractivity contribution in [3.8, 4) is 0 Å². The molecule has 0 aromatic carbocycles. The van der Waals surface area contributed by atoms with E-state index >= 15 is 0 Å². The van der Waals surface area contributed by atoms with E-state index in [1.165, 1.54) is 38.5 Å². The van der Waals surface area contributed by atoms with Gasteiger partial charge in [-0.2, -0.15) is 0 Å². The molecule has 154 valence electrons. The van der Waals surface area contributed by atoms with Gasteiger partial charge in [0.25, 0.3) is 0 Å². The van der Waals surface area contributed by atoms with Crippen molar-refractivity contribution in [3.05, 3.63) is 0 Å². The van der Waals surface area contributed by atoms with Gasteiger partial charge in [-0.25, -0.2) is 0 Å². The first-order valence-electron chi connectivity index (χ1n) is 11.2. The Balaban J connectivity index is 1.43. The molecule has 0 aromatic rings. The molecule has 2 bridgehead atoms. The summed E-state index contributed by atoms with van der Waals surface area (Å²) < 4.78 is 0. The van der Waals surface area contributed by atoms with E-state index < -0.39 is 0 Å². The normalized spacial score (nSPS) is 28.8. The topological polar surface area (TPSA) is 52.7 Å². The van der Waals surface area contributed by atoms with Gasteiger partial charge in [-0.15, -0.1) is 0 Å². The maximum absolute atomic E-state index is 12.8. The minimum Gasteiger partial charge on any atom is -0.349 e. The number of likely N-dealkylation sites (tertiary alicyclic amines) is 1. The molecule has 3 atom stereocenters. The van der Waals surface area contributed by atoms with Crippen molar-refractivity contribution in [2.45, 2.75) is 76.7 Å². The highest BCUT2D eigenvalue weighted by Crippen LogP contribution is 2.32. The number of nitrogens with zero attached hydrogens (tertiary/aromatic N) is 2. The predicted molar refractivity (Wildman–Crippen MR) is 108 cm³/mol. The van der Waals surface area contributed by atoms with Gasteiger partial charge in [-0.1, -0.05) is 32.1 Å². The molecular weight excluding hydrogens is 338 g/mol. The molecule has 0 spiro atoms. The maximum Gasteiger partial charge on any atom is 0.222 e. The monoisotopic (exact) mass is 377 g/mol. The largest absolute Gasteiger partial charge is 0.349 e. The summed E-state index contributed by atoms with van der Waals surface area (Å²) in [4.78, 5) is 28.5. The van der Waals surface area contributed by atoms with Gasteiger partial charge in [0.15, 0.2) is 0 Å². The van der Waals surface area contributed by atoms with Gasteiger partial charge >= 0.3 is 0 Å². The highest BCUT2D eigenvalue weighted by molar-refractivity contribution is 5.76. The molecule has 1 saturated carbocycles. The summed E-state index contributed by atoms with van der Waals surface area (Å²) in [5.41, 5.74) is 0. The number of rotatable bonds is 7. The van der Waals surface area contributed by atoms with Crippen LogP contribution < -0.4 is 5.32 Å². The van der Waals surface area contributed by atoms with Gasteiger partial charge in [-0.05, 0) is 50.0 Å². The van der Waals surface area contributed by atoms with Crippen LogP contribution in [0.4, 0.5) is 0 Å². The van der Waals surface area contributed by atoms with Crippen molar-refractivity contribution >= 4 is 11.8 Å². The van der Waals surface area contributed by atoms with Crippen molar-refractivity contribution in [1.82, 2.24) is 15.1 Å². The smallest absolute Gasteiger partial charge is 0.222 e. The average molecular weight is 378 g/mol. The quantitative estimate of drug-likeness (QED) is 0.742. The number of hydrogen-bond acceptors (Lipinski definition) is 3. The van der Waals surface area contributed by atoms with E-state index in [-0.39, 0.29) is 5.91 Å². The molecule has 27 heavy (non-hydrogen) atoms. The van der Waals surface area contributed by atoms with Crippen LogP contribution in [0, 0.1) is 17.8 Å². The van der Waals surface area contributed by atoms with Crippen LogP contribution in [0.5, 0.6) is 0 Å². The Bertz CT molecular complexity index is 502. The standard InChI is InChI=1S/C22H39N3O2/c1-24(2)21(26)10-6-9-20-19-13-18(14-23-20)15-25(16-19)22(27)12-11-17-7-4-3-5-8-17/h17-20,23H,3-16H2,1-2H3/t18?,19?,20-/m1/s1. The molecule has 5 heteroatoms. The van der Waals surface area contributed by atoms with E-state index in [0.717, 1.165) is 51.2 Å². The number of carbonyl (C=O) groups is 2. The summed E-state index contributed by atoms with van der Waals surface area (Å²) in [7, 11) is 3.65. The summed E-state index contributed by atoms with van der Waals surface area (Å²) in [6.45, 7) is 2.88. The summed E-state index contributed by atoms with van der Waals surface area (Å²) in [6.07, 6.45) is 12.5. The lowest BCUT2D eigenvalue weighted by molar-refractivity contribution is -0.135. The third kappa shape index (κ3) is 5.94. The molecule has 1 N–H and O–H groups in total. The van der Waals surface area contributed by atoms with Crippen LogP contribution >= 0.6 is 0 Å². The molecule has 2 heterocycles. The van der Waals surface area contributed by atoms with Gasteiger partial charge < -0.3 is 15.1 Å². The average Bonchev–Trinajstić information content (AvgIpc) is 2.68. The Morgan fingerprint density at radius 2 is 1.81 bits per heavy atom. The van der Waals surface area contributed by atoms with Crippen LogP contribution in [0.2, 0.25) is 0 Å². The number of carbonyl (C=O) groups excluding carboxylic acids is 2. The van der Waals surface area contributed by atoms with E-state index in [1.54, 1.807) is 4.90 Å². The van der Waals surface area contributed by atoms with E-state index in [1.807, 2.05) is 14.1 Å². The molecule has 3 rings (SSSR count). The number of piperidine rings is 2. The lowest BCUT2D eigenvalue weighted by Gasteiger charge is -2.46.